The molecule has 2 aromatic rings. The Morgan fingerprint density at radius 2 is 1.77 bits per heavy atom. The van der Waals surface area contributed by atoms with Gasteiger partial charge in [0.05, 0.1) is 11.3 Å². The molecule has 4 nitrogen and oxygen atoms in total. The van der Waals surface area contributed by atoms with Crippen LogP contribution in [0.25, 0.3) is 0 Å². The third-order valence-corrected chi connectivity index (χ3v) is 3.78. The summed E-state index contributed by atoms with van der Waals surface area (Å²) in [5.74, 6) is -1.07. The molecule has 1 aromatic heterocycles. The van der Waals surface area contributed by atoms with E-state index in [1.165, 1.54) is 13.0 Å². The molecule has 1 N–H and O–H groups in total. The lowest BCUT2D eigenvalue weighted by Gasteiger charge is -2.10. The Morgan fingerprint density at radius 1 is 1.08 bits per heavy atom. The van der Waals surface area contributed by atoms with Gasteiger partial charge in [0.25, 0.3) is 0 Å². The number of alkyl halides is 6. The Morgan fingerprint density at radius 3 is 2.38 bits per heavy atom. The maximum Gasteiger partial charge on any atom is 0.433 e. The van der Waals surface area contributed by atoms with Crippen LogP contribution in [0.5, 0.6) is 0 Å². The SMILES string of the molecule is Cc1cc(C(F)(F)F)nc(SCC(=O)Nc2cccc(C(F)(F)F)c2)n1. The summed E-state index contributed by atoms with van der Waals surface area (Å²) in [7, 11) is 0. The third kappa shape index (κ3) is 5.61. The lowest BCUT2D eigenvalue weighted by molar-refractivity contribution is -0.141. The number of aryl methyl sites for hydroxylation is 1. The summed E-state index contributed by atoms with van der Waals surface area (Å²) < 4.78 is 76.0. The fraction of sp³-hybridized carbons (Fsp3) is 0.267. The van der Waals surface area contributed by atoms with E-state index in [0.717, 1.165) is 24.3 Å². The van der Waals surface area contributed by atoms with Crippen molar-refractivity contribution in [2.24, 2.45) is 0 Å². The van der Waals surface area contributed by atoms with Crippen LogP contribution < -0.4 is 5.32 Å². The van der Waals surface area contributed by atoms with Gasteiger partial charge in [-0.1, -0.05) is 17.8 Å². The minimum Gasteiger partial charge on any atom is -0.325 e. The number of halogens is 6. The zero-order valence-electron chi connectivity index (χ0n) is 13.1. The monoisotopic (exact) mass is 395 g/mol. The summed E-state index contributed by atoms with van der Waals surface area (Å²) >= 11 is 0.645. The van der Waals surface area contributed by atoms with Crippen molar-refractivity contribution in [3.8, 4) is 0 Å². The van der Waals surface area contributed by atoms with Gasteiger partial charge in [-0.05, 0) is 31.2 Å². The maximum absolute atomic E-state index is 12.7. The first-order valence-electron chi connectivity index (χ1n) is 6.98. The summed E-state index contributed by atoms with van der Waals surface area (Å²) in [4.78, 5) is 18.9. The lowest BCUT2D eigenvalue weighted by atomic mass is 10.2. The zero-order chi connectivity index (χ0) is 19.5. The average molecular weight is 395 g/mol. The van der Waals surface area contributed by atoms with Crippen LogP contribution in [0, 0.1) is 6.92 Å². The van der Waals surface area contributed by atoms with Crippen LogP contribution in [0.3, 0.4) is 0 Å². The van der Waals surface area contributed by atoms with Crippen LogP contribution in [0.15, 0.2) is 35.5 Å². The summed E-state index contributed by atoms with van der Waals surface area (Å²) in [6, 6.07) is 4.78. The molecule has 0 bridgehead atoms. The second-order valence-electron chi connectivity index (χ2n) is 5.09. The molecule has 1 amide bonds. The Kier molecular flexibility index (Phi) is 5.79. The van der Waals surface area contributed by atoms with Crippen LogP contribution in [-0.2, 0) is 17.1 Å². The molecule has 0 saturated carbocycles. The second kappa shape index (κ2) is 7.52. The van der Waals surface area contributed by atoms with Crippen molar-refractivity contribution in [3.63, 3.8) is 0 Å². The number of amides is 1. The Hall–Kier alpha value is -2.30. The molecule has 26 heavy (non-hydrogen) atoms. The van der Waals surface area contributed by atoms with Gasteiger partial charge in [0, 0.05) is 11.4 Å². The van der Waals surface area contributed by atoms with E-state index in [1.807, 2.05) is 0 Å². The van der Waals surface area contributed by atoms with Crippen LogP contribution in [0.4, 0.5) is 32.0 Å². The van der Waals surface area contributed by atoms with Gasteiger partial charge >= 0.3 is 12.4 Å². The number of rotatable bonds is 4. The molecule has 0 saturated heterocycles. The summed E-state index contributed by atoms with van der Waals surface area (Å²) in [5.41, 5.74) is -2.06. The number of thioether (sulfide) groups is 1. The van der Waals surface area contributed by atoms with Gasteiger partial charge in [0.1, 0.15) is 5.69 Å². The van der Waals surface area contributed by atoms with Gasteiger partial charge in [-0.25, -0.2) is 9.97 Å². The number of hydrogen-bond donors (Lipinski definition) is 1. The lowest BCUT2D eigenvalue weighted by Crippen LogP contribution is -2.16. The standard InChI is InChI=1S/C15H11F6N3OS/c1-8-5-11(15(19,20)21)24-13(22-8)26-7-12(25)23-10-4-2-3-9(6-10)14(16,17)18/h2-6H,7H2,1H3,(H,23,25). The molecular weight excluding hydrogens is 384 g/mol. The van der Waals surface area contributed by atoms with Crippen molar-refractivity contribution in [1.82, 2.24) is 9.97 Å². The minimum atomic E-state index is -4.65. The number of benzene rings is 1. The van der Waals surface area contributed by atoms with Gasteiger partial charge in [-0.2, -0.15) is 26.3 Å². The first kappa shape index (κ1) is 20.0. The van der Waals surface area contributed by atoms with E-state index in [4.69, 9.17) is 0 Å². The normalized spacial score (nSPS) is 12.1. The highest BCUT2D eigenvalue weighted by Crippen LogP contribution is 2.31. The molecule has 0 unspecified atom stereocenters. The van der Waals surface area contributed by atoms with Gasteiger partial charge < -0.3 is 5.32 Å². The van der Waals surface area contributed by atoms with Crippen molar-refractivity contribution in [1.29, 1.82) is 0 Å². The Bertz CT molecular complexity index is 807. The molecular formula is C15H11F6N3OS. The molecule has 0 aliphatic carbocycles. The molecule has 1 heterocycles. The van der Waals surface area contributed by atoms with E-state index in [-0.39, 0.29) is 22.3 Å². The van der Waals surface area contributed by atoms with Crippen molar-refractivity contribution in [2.45, 2.75) is 24.4 Å². The summed E-state index contributed by atoms with van der Waals surface area (Å²) in [5, 5.41) is 1.99. The minimum absolute atomic E-state index is 0.0770. The van der Waals surface area contributed by atoms with E-state index < -0.39 is 29.5 Å². The number of carbonyl (C=O) groups is 1. The number of hydrogen-bond acceptors (Lipinski definition) is 4. The van der Waals surface area contributed by atoms with Gasteiger partial charge in [0.15, 0.2) is 5.16 Å². The molecule has 2 rings (SSSR count). The molecule has 0 spiro atoms. The van der Waals surface area contributed by atoms with E-state index in [2.05, 4.69) is 15.3 Å². The predicted molar refractivity (Wildman–Crippen MR) is 82.6 cm³/mol. The van der Waals surface area contributed by atoms with E-state index in [0.29, 0.717) is 11.8 Å². The smallest absolute Gasteiger partial charge is 0.325 e. The second-order valence-corrected chi connectivity index (χ2v) is 6.03. The molecule has 11 heteroatoms. The van der Waals surface area contributed by atoms with Crippen molar-refractivity contribution >= 4 is 23.4 Å². The van der Waals surface area contributed by atoms with Gasteiger partial charge in [-0.15, -0.1) is 0 Å². The topological polar surface area (TPSA) is 54.9 Å². The molecule has 0 atom stereocenters. The predicted octanol–water partition coefficient (Wildman–Crippen LogP) is 4.55. The van der Waals surface area contributed by atoms with Crippen molar-refractivity contribution < 1.29 is 31.1 Å². The fourth-order valence-electron chi connectivity index (χ4n) is 1.85. The largest absolute Gasteiger partial charge is 0.433 e. The van der Waals surface area contributed by atoms with Crippen LogP contribution in [-0.4, -0.2) is 21.6 Å². The molecule has 1 aromatic carbocycles. The molecule has 140 valence electrons. The number of nitrogens with one attached hydrogen (secondary N) is 1. The molecule has 0 aliphatic rings. The Labute approximate surface area is 148 Å². The first-order valence-corrected chi connectivity index (χ1v) is 7.96. The highest BCUT2D eigenvalue weighted by Gasteiger charge is 2.33. The molecule has 0 aliphatic heterocycles. The zero-order valence-corrected chi connectivity index (χ0v) is 13.9. The summed E-state index contributed by atoms with van der Waals surface area (Å²) in [6.07, 6.45) is -9.21. The number of carbonyl (C=O) groups excluding carboxylic acids is 1. The number of nitrogens with zero attached hydrogens (tertiary/aromatic N) is 2. The van der Waals surface area contributed by atoms with E-state index in [9.17, 15) is 31.1 Å². The van der Waals surface area contributed by atoms with Gasteiger partial charge in [0.2, 0.25) is 5.91 Å². The third-order valence-electron chi connectivity index (χ3n) is 2.93. The van der Waals surface area contributed by atoms with Crippen LogP contribution in [0.2, 0.25) is 0 Å². The van der Waals surface area contributed by atoms with Crippen molar-refractivity contribution in [2.75, 3.05) is 11.1 Å². The van der Waals surface area contributed by atoms with Crippen LogP contribution >= 0.6 is 11.8 Å². The van der Waals surface area contributed by atoms with E-state index in [1.54, 1.807) is 0 Å². The molecule has 0 fully saturated rings. The van der Waals surface area contributed by atoms with Crippen LogP contribution in [0.1, 0.15) is 17.0 Å². The first-order chi connectivity index (χ1) is 11.9. The Balaban J connectivity index is 2.03. The van der Waals surface area contributed by atoms with Crippen molar-refractivity contribution in [3.05, 3.63) is 47.3 Å². The van der Waals surface area contributed by atoms with E-state index >= 15 is 0 Å². The van der Waals surface area contributed by atoms with Gasteiger partial charge in [-0.3, -0.25) is 4.79 Å². The average Bonchev–Trinajstić information content (AvgIpc) is 2.51. The highest BCUT2D eigenvalue weighted by atomic mass is 32.2. The quantitative estimate of drug-likeness (QED) is 0.469. The molecule has 0 radical (unpaired) electrons. The number of anilines is 1. The fourth-order valence-corrected chi connectivity index (χ4v) is 2.56. The highest BCUT2D eigenvalue weighted by molar-refractivity contribution is 7.99. The summed E-state index contributed by atoms with van der Waals surface area (Å²) in [6.45, 7) is 1.35. The maximum atomic E-state index is 12.7. The number of aromatic nitrogens is 2.